The van der Waals surface area contributed by atoms with Crippen LogP contribution in [0.1, 0.15) is 29.7 Å². The molecule has 0 amide bonds. The molecule has 2 aromatic heterocycles. The molecule has 36 heavy (non-hydrogen) atoms. The first-order chi connectivity index (χ1) is 17.1. The first-order valence-electron chi connectivity index (χ1n) is 11.2. The number of benzene rings is 1. The summed E-state index contributed by atoms with van der Waals surface area (Å²) in [5, 5.41) is 15.4. The number of anilines is 1. The summed E-state index contributed by atoms with van der Waals surface area (Å²) in [7, 11) is 0. The van der Waals surface area contributed by atoms with Gasteiger partial charge in [0.1, 0.15) is 12.3 Å². The molecule has 0 aliphatic carbocycles. The second kappa shape index (κ2) is 11.6. The van der Waals surface area contributed by atoms with Crippen molar-refractivity contribution in [2.75, 3.05) is 18.0 Å². The molecule has 1 N–H and O–H groups in total. The van der Waals surface area contributed by atoms with E-state index in [1.54, 1.807) is 4.68 Å². The van der Waals surface area contributed by atoms with Gasteiger partial charge in [0.25, 0.3) is 0 Å². The predicted octanol–water partition coefficient (Wildman–Crippen LogP) is 3.87. The summed E-state index contributed by atoms with van der Waals surface area (Å²) in [5.74, 6) is -2.98. The van der Waals surface area contributed by atoms with Crippen LogP contribution in [0.2, 0.25) is 0 Å². The molecule has 1 aliphatic heterocycles. The van der Waals surface area contributed by atoms with Crippen LogP contribution in [0.3, 0.4) is 0 Å². The second-order valence-corrected chi connectivity index (χ2v) is 8.28. The number of aliphatic carboxylic acids is 1. The molecule has 192 valence electrons. The molecule has 0 saturated carbocycles. The summed E-state index contributed by atoms with van der Waals surface area (Å²) < 4.78 is 39.0. The lowest BCUT2D eigenvalue weighted by molar-refractivity contribution is -0.192. The van der Waals surface area contributed by atoms with Crippen LogP contribution in [-0.4, -0.2) is 56.3 Å². The van der Waals surface area contributed by atoms with Crippen molar-refractivity contribution in [3.05, 3.63) is 65.7 Å². The van der Waals surface area contributed by atoms with Gasteiger partial charge in [0.15, 0.2) is 0 Å². The largest absolute Gasteiger partial charge is 0.490 e. The molecule has 12 heteroatoms. The van der Waals surface area contributed by atoms with Gasteiger partial charge in [-0.3, -0.25) is 9.78 Å². The fourth-order valence-corrected chi connectivity index (χ4v) is 3.74. The van der Waals surface area contributed by atoms with Crippen LogP contribution >= 0.6 is 0 Å². The van der Waals surface area contributed by atoms with Crippen molar-refractivity contribution >= 4 is 17.6 Å². The maximum atomic E-state index is 12.5. The third-order valence-corrected chi connectivity index (χ3v) is 5.67. The van der Waals surface area contributed by atoms with Crippen LogP contribution in [0.5, 0.6) is 0 Å². The number of alkyl halides is 3. The molecule has 1 aromatic carbocycles. The number of hydrogen-bond donors (Lipinski definition) is 1. The van der Waals surface area contributed by atoms with Gasteiger partial charge in [0, 0.05) is 31.2 Å². The normalized spacial score (nSPS) is 14.1. The Hall–Kier alpha value is -3.96. The summed E-state index contributed by atoms with van der Waals surface area (Å²) in [5.41, 5.74) is 5.07. The SMILES string of the molecule is Cc1cnccc1N1CCC(C(=O)OCc2cn(-c3ccccc3C)nn2)CC1.O=C(O)C(F)(F)F. The van der Waals surface area contributed by atoms with Crippen LogP contribution < -0.4 is 4.90 Å². The molecule has 9 nitrogen and oxygen atoms in total. The number of pyridine rings is 1. The summed E-state index contributed by atoms with van der Waals surface area (Å²) in [4.78, 5) is 27.9. The molecule has 3 aromatic rings. The van der Waals surface area contributed by atoms with E-state index in [1.165, 1.54) is 5.69 Å². The number of esters is 1. The number of ether oxygens (including phenoxy) is 1. The molecule has 4 rings (SSSR count). The van der Waals surface area contributed by atoms with Crippen LogP contribution in [0, 0.1) is 19.8 Å². The maximum Gasteiger partial charge on any atom is 0.490 e. The van der Waals surface area contributed by atoms with Gasteiger partial charge in [-0.2, -0.15) is 13.2 Å². The number of hydrogen-bond acceptors (Lipinski definition) is 7. The number of carbonyl (C=O) groups excluding carboxylic acids is 1. The van der Waals surface area contributed by atoms with E-state index in [9.17, 15) is 18.0 Å². The van der Waals surface area contributed by atoms with Crippen LogP contribution in [0.25, 0.3) is 5.69 Å². The van der Waals surface area contributed by atoms with Gasteiger partial charge in [-0.15, -0.1) is 5.10 Å². The van der Waals surface area contributed by atoms with E-state index in [2.05, 4.69) is 27.1 Å². The number of halogens is 3. The number of aryl methyl sites for hydroxylation is 2. The zero-order valence-corrected chi connectivity index (χ0v) is 19.8. The first kappa shape index (κ1) is 26.6. The number of carbonyl (C=O) groups is 2. The summed E-state index contributed by atoms with van der Waals surface area (Å²) in [6, 6.07) is 9.99. The Morgan fingerprint density at radius 1 is 1.08 bits per heavy atom. The average Bonchev–Trinajstić information content (AvgIpc) is 3.32. The molecule has 0 spiro atoms. The number of nitrogens with zero attached hydrogens (tertiary/aromatic N) is 5. The standard InChI is InChI=1S/C22H25N5O2.C2HF3O2/c1-16-5-3-4-6-21(16)27-14-19(24-25-27)15-29-22(28)18-8-11-26(12-9-18)20-7-10-23-13-17(20)2;3-2(4,5)1(6)7/h3-7,10,13-14,18H,8-9,11-12,15H2,1-2H3;(H,6,7). The Kier molecular flexibility index (Phi) is 8.62. The molecule has 0 atom stereocenters. The zero-order valence-electron chi connectivity index (χ0n) is 19.8. The minimum atomic E-state index is -5.08. The van der Waals surface area contributed by atoms with Crippen LogP contribution in [0.4, 0.5) is 18.9 Å². The molecule has 1 aliphatic rings. The number of rotatable bonds is 5. The Morgan fingerprint density at radius 3 is 2.36 bits per heavy atom. The molecular weight excluding hydrogens is 479 g/mol. The Bertz CT molecular complexity index is 1190. The van der Waals surface area contributed by atoms with E-state index in [0.29, 0.717) is 5.69 Å². The lowest BCUT2D eigenvalue weighted by atomic mass is 9.96. The highest BCUT2D eigenvalue weighted by Gasteiger charge is 2.38. The van der Waals surface area contributed by atoms with E-state index in [1.807, 2.05) is 55.8 Å². The highest BCUT2D eigenvalue weighted by Crippen LogP contribution is 2.26. The third-order valence-electron chi connectivity index (χ3n) is 5.67. The molecule has 0 radical (unpaired) electrons. The first-order valence-corrected chi connectivity index (χ1v) is 11.2. The van der Waals surface area contributed by atoms with Crippen molar-refractivity contribution in [3.63, 3.8) is 0 Å². The average molecular weight is 505 g/mol. The quantitative estimate of drug-likeness (QED) is 0.521. The number of carboxylic acid groups (broad SMARTS) is 1. The Balaban J connectivity index is 0.000000454. The summed E-state index contributed by atoms with van der Waals surface area (Å²) in [6.07, 6.45) is 1.99. The third kappa shape index (κ3) is 7.03. The van der Waals surface area contributed by atoms with E-state index in [0.717, 1.165) is 42.7 Å². The summed E-state index contributed by atoms with van der Waals surface area (Å²) in [6.45, 7) is 5.92. The van der Waals surface area contributed by atoms with Crippen LogP contribution in [0.15, 0.2) is 48.9 Å². The van der Waals surface area contributed by atoms with Gasteiger partial charge >= 0.3 is 18.1 Å². The van der Waals surface area contributed by atoms with Gasteiger partial charge in [-0.25, -0.2) is 9.48 Å². The van der Waals surface area contributed by atoms with E-state index in [-0.39, 0.29) is 18.5 Å². The minimum Gasteiger partial charge on any atom is -0.475 e. The highest BCUT2D eigenvalue weighted by atomic mass is 19.4. The fourth-order valence-electron chi connectivity index (χ4n) is 3.74. The number of piperidine rings is 1. The molecule has 3 heterocycles. The zero-order chi connectivity index (χ0) is 26.3. The van der Waals surface area contributed by atoms with Crippen molar-refractivity contribution in [2.24, 2.45) is 5.92 Å². The van der Waals surface area contributed by atoms with Crippen molar-refractivity contribution < 1.29 is 32.6 Å². The van der Waals surface area contributed by atoms with E-state index in [4.69, 9.17) is 14.6 Å². The monoisotopic (exact) mass is 505 g/mol. The van der Waals surface area contributed by atoms with Gasteiger partial charge in [-0.1, -0.05) is 23.4 Å². The molecule has 0 bridgehead atoms. The number of carboxylic acids is 1. The molecule has 1 fully saturated rings. The van der Waals surface area contributed by atoms with Crippen molar-refractivity contribution in [3.8, 4) is 5.69 Å². The smallest absolute Gasteiger partial charge is 0.475 e. The van der Waals surface area contributed by atoms with E-state index < -0.39 is 12.1 Å². The molecule has 0 unspecified atom stereocenters. The van der Waals surface area contributed by atoms with Gasteiger partial charge < -0.3 is 14.7 Å². The highest BCUT2D eigenvalue weighted by molar-refractivity contribution is 5.73. The molecule has 1 saturated heterocycles. The molecular formula is C24H26F3N5O4. The van der Waals surface area contributed by atoms with Gasteiger partial charge in [0.05, 0.1) is 17.8 Å². The van der Waals surface area contributed by atoms with Gasteiger partial charge in [-0.05, 0) is 49.9 Å². The van der Waals surface area contributed by atoms with Crippen molar-refractivity contribution in [2.45, 2.75) is 39.5 Å². The van der Waals surface area contributed by atoms with Crippen molar-refractivity contribution in [1.82, 2.24) is 20.0 Å². The van der Waals surface area contributed by atoms with Crippen molar-refractivity contribution in [1.29, 1.82) is 0 Å². The second-order valence-electron chi connectivity index (χ2n) is 8.28. The minimum absolute atomic E-state index is 0.0696. The Morgan fingerprint density at radius 2 is 1.75 bits per heavy atom. The number of aromatic nitrogens is 4. The maximum absolute atomic E-state index is 12.5. The topological polar surface area (TPSA) is 110 Å². The predicted molar refractivity (Wildman–Crippen MR) is 123 cm³/mol. The van der Waals surface area contributed by atoms with Gasteiger partial charge in [0.2, 0.25) is 0 Å². The number of para-hydroxylation sites is 1. The lowest BCUT2D eigenvalue weighted by Crippen LogP contribution is -2.37. The van der Waals surface area contributed by atoms with E-state index >= 15 is 0 Å². The summed E-state index contributed by atoms with van der Waals surface area (Å²) >= 11 is 0. The fraction of sp³-hybridized carbons (Fsp3) is 0.375. The Labute approximate surface area is 205 Å². The van der Waals surface area contributed by atoms with Crippen LogP contribution in [-0.2, 0) is 20.9 Å². The lowest BCUT2D eigenvalue weighted by Gasteiger charge is -2.33.